The van der Waals surface area contributed by atoms with E-state index in [-0.39, 0.29) is 6.52 Å². The lowest BCUT2D eigenvalue weighted by Gasteiger charge is -2.35. The van der Waals surface area contributed by atoms with Crippen molar-refractivity contribution in [2.24, 2.45) is 0 Å². The van der Waals surface area contributed by atoms with E-state index in [0.29, 0.717) is 0 Å². The molecular weight excluding hydrogens is 226 g/mol. The predicted octanol–water partition coefficient (Wildman–Crippen LogP) is 4.32. The van der Waals surface area contributed by atoms with E-state index >= 15 is 0 Å². The first kappa shape index (κ1) is 8.43. The fraction of sp³-hybridized carbons (Fsp3) is 0.0667. The summed E-state index contributed by atoms with van der Waals surface area (Å²) < 4.78 is 8.25. The number of nitrogens with zero attached hydrogens (tertiary/aromatic N) is 1. The summed E-state index contributed by atoms with van der Waals surface area (Å²) in [7, 11) is 0. The van der Waals surface area contributed by atoms with Crippen LogP contribution in [0.15, 0.2) is 58.3 Å². The van der Waals surface area contributed by atoms with Crippen LogP contribution in [0.5, 0.6) is 0 Å². The monoisotopic (exact) mass is 238 g/mol. The van der Waals surface area contributed by atoms with Crippen LogP contribution in [-0.4, -0.2) is 6.52 Å². The summed E-state index contributed by atoms with van der Waals surface area (Å²) in [6.45, 7) is -0.333. The molecule has 2 heteroatoms. The van der Waals surface area contributed by atoms with Crippen molar-refractivity contribution >= 4 is 29.2 Å². The van der Waals surface area contributed by atoms with Gasteiger partial charge in [-0.2, -0.15) is 0 Å². The normalized spacial score (nSPS) is 20.6. The Balaban J connectivity index is 2.04. The number of hydrogen-bond donors (Lipinski definition) is 0. The molecule has 0 aliphatic carbocycles. The summed E-state index contributed by atoms with van der Waals surface area (Å²) in [4.78, 5) is 4.60. The van der Waals surface area contributed by atoms with Crippen molar-refractivity contribution in [2.45, 2.75) is 9.79 Å². The Kier molecular flexibility index (Phi) is 1.69. The Morgan fingerprint density at radius 3 is 2.94 bits per heavy atom. The highest BCUT2D eigenvalue weighted by Crippen LogP contribution is 2.50. The molecule has 2 aliphatic rings. The van der Waals surface area contributed by atoms with Crippen LogP contribution in [0.3, 0.4) is 0 Å². The van der Waals surface area contributed by atoms with Crippen molar-refractivity contribution in [3.63, 3.8) is 0 Å². The minimum absolute atomic E-state index is 0.333. The van der Waals surface area contributed by atoms with Gasteiger partial charge in [0.1, 0.15) is 0 Å². The van der Waals surface area contributed by atoms with E-state index in [0.717, 1.165) is 5.69 Å². The van der Waals surface area contributed by atoms with Gasteiger partial charge in [0, 0.05) is 16.3 Å². The maximum atomic E-state index is 8.25. The first-order chi connectivity index (χ1) is 8.84. The summed E-state index contributed by atoms with van der Waals surface area (Å²) in [5.41, 5.74) is 3.54. The van der Waals surface area contributed by atoms with Crippen LogP contribution in [0.2, 0.25) is 0 Å². The topological polar surface area (TPSA) is 3.24 Å². The van der Waals surface area contributed by atoms with E-state index in [2.05, 4.69) is 47.4 Å². The number of para-hydroxylation sites is 2. The molecular formula is C15H11NS. The molecule has 4 rings (SSSR count). The maximum absolute atomic E-state index is 8.25. The second kappa shape index (κ2) is 3.41. The van der Waals surface area contributed by atoms with Gasteiger partial charge >= 0.3 is 0 Å². The minimum atomic E-state index is -0.333. The molecule has 0 aromatic heterocycles. The number of anilines is 2. The maximum Gasteiger partial charge on any atom is 0.0629 e. The number of fused-ring (bicyclic) bond motifs is 2. The zero-order valence-electron chi connectivity index (χ0n) is 10.1. The Labute approximate surface area is 106 Å². The lowest BCUT2D eigenvalue weighted by atomic mass is 10.1. The van der Waals surface area contributed by atoms with Gasteiger partial charge in [-0.05, 0) is 23.8 Å². The number of benzene rings is 2. The molecule has 82 valence electrons. The standard InChI is InChI=1S/C15H11NS/c1-2-8-13-12(7-1)16-10-4-6-11-5-3-9-14(17-13)15(11)16/h1-9H,10H2/i10D. The van der Waals surface area contributed by atoms with Crippen LogP contribution >= 0.6 is 11.8 Å². The molecule has 2 aromatic carbocycles. The Morgan fingerprint density at radius 2 is 1.94 bits per heavy atom. The molecule has 0 N–H and O–H groups in total. The average Bonchev–Trinajstić information content (AvgIpc) is 2.41. The first-order valence-corrected chi connectivity index (χ1v) is 6.46. The molecule has 2 heterocycles. The van der Waals surface area contributed by atoms with Crippen LogP contribution in [0.1, 0.15) is 6.93 Å². The smallest absolute Gasteiger partial charge is 0.0629 e. The van der Waals surface area contributed by atoms with Crippen molar-refractivity contribution in [1.82, 2.24) is 0 Å². The van der Waals surface area contributed by atoms with E-state index in [1.165, 1.54) is 21.0 Å². The molecule has 1 nitrogen and oxygen atoms in total. The van der Waals surface area contributed by atoms with E-state index < -0.39 is 0 Å². The molecule has 2 aromatic rings. The van der Waals surface area contributed by atoms with Gasteiger partial charge in [0.25, 0.3) is 0 Å². The molecule has 0 bridgehead atoms. The predicted molar refractivity (Wildman–Crippen MR) is 73.0 cm³/mol. The highest BCUT2D eigenvalue weighted by Gasteiger charge is 2.25. The fourth-order valence-electron chi connectivity index (χ4n) is 2.38. The largest absolute Gasteiger partial charge is 0.335 e. The van der Waals surface area contributed by atoms with Gasteiger partial charge in [-0.1, -0.05) is 48.2 Å². The molecule has 0 radical (unpaired) electrons. The minimum Gasteiger partial charge on any atom is -0.335 e. The van der Waals surface area contributed by atoms with Crippen LogP contribution in [0, 0.1) is 0 Å². The third kappa shape index (κ3) is 1.28. The van der Waals surface area contributed by atoms with Crippen molar-refractivity contribution in [2.75, 3.05) is 11.4 Å². The highest BCUT2D eigenvalue weighted by molar-refractivity contribution is 7.99. The Morgan fingerprint density at radius 1 is 1.06 bits per heavy atom. The average molecular weight is 238 g/mol. The Bertz CT molecular complexity index is 665. The molecule has 1 unspecified atom stereocenters. The molecule has 1 atom stereocenters. The van der Waals surface area contributed by atoms with Gasteiger partial charge in [0.05, 0.1) is 12.7 Å². The van der Waals surface area contributed by atoms with Gasteiger partial charge in [-0.15, -0.1) is 0 Å². The van der Waals surface area contributed by atoms with E-state index in [9.17, 15) is 0 Å². The van der Waals surface area contributed by atoms with Gasteiger partial charge in [0.2, 0.25) is 0 Å². The molecule has 0 amide bonds. The molecule has 0 saturated heterocycles. The van der Waals surface area contributed by atoms with Gasteiger partial charge < -0.3 is 4.90 Å². The fourth-order valence-corrected chi connectivity index (χ4v) is 3.50. The van der Waals surface area contributed by atoms with Gasteiger partial charge in [-0.3, -0.25) is 0 Å². The van der Waals surface area contributed by atoms with Crippen molar-refractivity contribution in [3.8, 4) is 0 Å². The summed E-state index contributed by atoms with van der Waals surface area (Å²) >= 11 is 1.79. The van der Waals surface area contributed by atoms with E-state index in [1.54, 1.807) is 11.8 Å². The molecule has 17 heavy (non-hydrogen) atoms. The van der Waals surface area contributed by atoms with Crippen molar-refractivity contribution in [3.05, 3.63) is 54.1 Å². The first-order valence-electron chi connectivity index (χ1n) is 6.22. The lowest BCUT2D eigenvalue weighted by Crippen LogP contribution is -2.23. The summed E-state index contributed by atoms with van der Waals surface area (Å²) in [6, 6.07) is 14.7. The van der Waals surface area contributed by atoms with E-state index in [1.807, 2.05) is 12.1 Å². The van der Waals surface area contributed by atoms with Crippen molar-refractivity contribution in [1.29, 1.82) is 0 Å². The molecule has 0 saturated carbocycles. The second-order valence-corrected chi connectivity index (χ2v) is 5.23. The van der Waals surface area contributed by atoms with Gasteiger partial charge in [-0.25, -0.2) is 0 Å². The molecule has 0 spiro atoms. The number of rotatable bonds is 0. The van der Waals surface area contributed by atoms with Gasteiger partial charge in [0.15, 0.2) is 0 Å². The van der Waals surface area contributed by atoms with E-state index in [4.69, 9.17) is 1.37 Å². The molecule has 0 fully saturated rings. The van der Waals surface area contributed by atoms with Crippen molar-refractivity contribution < 1.29 is 1.37 Å². The zero-order valence-corrected chi connectivity index (χ0v) is 9.95. The summed E-state index contributed by atoms with van der Waals surface area (Å²) in [5.74, 6) is 0. The third-order valence-electron chi connectivity index (χ3n) is 3.13. The van der Waals surface area contributed by atoms with Crippen LogP contribution in [0.4, 0.5) is 11.4 Å². The zero-order chi connectivity index (χ0) is 12.1. The second-order valence-electron chi connectivity index (χ2n) is 4.14. The lowest BCUT2D eigenvalue weighted by molar-refractivity contribution is 1.02. The SMILES string of the molecule is [2H]C1C=Cc2cccc3c2N1c1ccccc1S3. The van der Waals surface area contributed by atoms with Crippen LogP contribution in [0.25, 0.3) is 6.08 Å². The summed E-state index contributed by atoms with van der Waals surface area (Å²) in [6.07, 6.45) is 4.00. The quantitative estimate of drug-likeness (QED) is 0.672. The molecule has 2 aliphatic heterocycles. The van der Waals surface area contributed by atoms with Crippen LogP contribution < -0.4 is 4.90 Å². The Hall–Kier alpha value is -1.67. The summed E-state index contributed by atoms with van der Waals surface area (Å²) in [5, 5.41) is 0. The third-order valence-corrected chi connectivity index (χ3v) is 4.24. The van der Waals surface area contributed by atoms with Crippen LogP contribution in [-0.2, 0) is 0 Å². The highest BCUT2D eigenvalue weighted by atomic mass is 32.2. The number of hydrogen-bond acceptors (Lipinski definition) is 2.